The van der Waals surface area contributed by atoms with Crippen LogP contribution in [0.5, 0.6) is 0 Å². The van der Waals surface area contributed by atoms with Crippen LogP contribution in [0, 0.1) is 17.2 Å². The molecule has 1 aliphatic rings. The Hall–Kier alpha value is -2.64. The van der Waals surface area contributed by atoms with Crippen molar-refractivity contribution in [3.05, 3.63) is 72.0 Å². The Balaban J connectivity index is 2.17. The van der Waals surface area contributed by atoms with Crippen LogP contribution in [0.1, 0.15) is 11.1 Å². The molecule has 0 amide bonds. The summed E-state index contributed by atoms with van der Waals surface area (Å²) in [5, 5.41) is 19.3. The summed E-state index contributed by atoms with van der Waals surface area (Å²) < 4.78 is 5.47. The van der Waals surface area contributed by atoms with Gasteiger partial charge in [0.25, 0.3) is 0 Å². The fourth-order valence-electron chi connectivity index (χ4n) is 2.46. The first-order valence-electron chi connectivity index (χ1n) is 6.94. The highest BCUT2D eigenvalue weighted by Crippen LogP contribution is 2.25. The van der Waals surface area contributed by atoms with Crippen molar-refractivity contribution in [3.63, 3.8) is 0 Å². The number of nitriles is 1. The summed E-state index contributed by atoms with van der Waals surface area (Å²) in [5.41, 5.74) is 1.67. The quantitative estimate of drug-likeness (QED) is 0.905. The lowest BCUT2D eigenvalue weighted by molar-refractivity contribution is -0.126. The minimum absolute atomic E-state index is 0.108. The maximum atomic E-state index is 12.4. The number of allylic oxidation sites excluding steroid dienone is 3. The van der Waals surface area contributed by atoms with Crippen molar-refractivity contribution in [1.82, 2.24) is 0 Å². The summed E-state index contributed by atoms with van der Waals surface area (Å²) in [6.07, 6.45) is 2.29. The number of carbonyl (C=O) groups excluding carboxylic acids is 1. The number of ketones is 1. The summed E-state index contributed by atoms with van der Waals surface area (Å²) >= 11 is 0. The van der Waals surface area contributed by atoms with Crippen LogP contribution in [-0.2, 0) is 16.0 Å². The molecular weight excluding hydrogens is 278 g/mol. The van der Waals surface area contributed by atoms with E-state index in [2.05, 4.69) is 19.2 Å². The number of aliphatic hydroxyl groups is 1. The van der Waals surface area contributed by atoms with Gasteiger partial charge < -0.3 is 9.84 Å². The third-order valence-electron chi connectivity index (χ3n) is 3.64. The molecule has 2 rings (SSSR count). The average molecular weight is 295 g/mol. The number of rotatable bonds is 5. The third-order valence-corrected chi connectivity index (χ3v) is 3.64. The van der Waals surface area contributed by atoms with Crippen molar-refractivity contribution in [1.29, 1.82) is 5.26 Å². The van der Waals surface area contributed by atoms with Gasteiger partial charge in [0.2, 0.25) is 0 Å². The van der Waals surface area contributed by atoms with Gasteiger partial charge in [-0.1, -0.05) is 31.4 Å². The van der Waals surface area contributed by atoms with Crippen LogP contribution in [0.25, 0.3) is 0 Å². The molecule has 1 aliphatic heterocycles. The van der Waals surface area contributed by atoms with Crippen molar-refractivity contribution in [3.8, 4) is 6.07 Å². The van der Waals surface area contributed by atoms with Crippen LogP contribution in [0.4, 0.5) is 0 Å². The standard InChI is InChI=1S/C18H17NO3/c1-3-14-17(4-2)22-11-15(18(14)21)16(20)9-12-6-5-7-13(8-12)10-19/h3-8,15-16,20H,1-2,9,11H2. The summed E-state index contributed by atoms with van der Waals surface area (Å²) in [7, 11) is 0. The number of Topliss-reactive ketones (excluding diaryl/α,β-unsaturated/α-hetero) is 1. The number of ether oxygens (including phenoxy) is 1. The average Bonchev–Trinajstić information content (AvgIpc) is 2.54. The normalized spacial score (nSPS) is 19.1. The van der Waals surface area contributed by atoms with Gasteiger partial charge >= 0.3 is 0 Å². The van der Waals surface area contributed by atoms with E-state index in [0.29, 0.717) is 16.9 Å². The van der Waals surface area contributed by atoms with Crippen LogP contribution in [0.15, 0.2) is 60.9 Å². The van der Waals surface area contributed by atoms with Crippen LogP contribution in [-0.4, -0.2) is 23.6 Å². The van der Waals surface area contributed by atoms with Gasteiger partial charge in [-0.2, -0.15) is 5.26 Å². The van der Waals surface area contributed by atoms with Gasteiger partial charge in [-0.25, -0.2) is 0 Å². The second-order valence-electron chi connectivity index (χ2n) is 5.05. The highest BCUT2D eigenvalue weighted by molar-refractivity contribution is 6.01. The fraction of sp³-hybridized carbons (Fsp3) is 0.222. The van der Waals surface area contributed by atoms with Crippen LogP contribution in [0.2, 0.25) is 0 Å². The van der Waals surface area contributed by atoms with Gasteiger partial charge in [-0.3, -0.25) is 4.79 Å². The Bertz CT molecular complexity index is 682. The zero-order valence-corrected chi connectivity index (χ0v) is 12.2. The Morgan fingerprint density at radius 1 is 1.45 bits per heavy atom. The Kier molecular flexibility index (Phi) is 4.92. The fourth-order valence-corrected chi connectivity index (χ4v) is 2.46. The third kappa shape index (κ3) is 3.16. The van der Waals surface area contributed by atoms with Gasteiger partial charge in [0.1, 0.15) is 12.4 Å². The lowest BCUT2D eigenvalue weighted by Crippen LogP contribution is -2.37. The van der Waals surface area contributed by atoms with Crippen molar-refractivity contribution in [2.75, 3.05) is 6.61 Å². The van der Waals surface area contributed by atoms with E-state index in [9.17, 15) is 9.90 Å². The minimum atomic E-state index is -0.886. The first kappa shape index (κ1) is 15.7. The second kappa shape index (κ2) is 6.88. The van der Waals surface area contributed by atoms with E-state index in [-0.39, 0.29) is 18.8 Å². The Morgan fingerprint density at radius 2 is 2.23 bits per heavy atom. The zero-order chi connectivity index (χ0) is 16.1. The topological polar surface area (TPSA) is 70.3 Å². The van der Waals surface area contributed by atoms with Crippen LogP contribution < -0.4 is 0 Å². The SMILES string of the molecule is C=CC1=C(C=C)C(=O)C(C(O)Cc2cccc(C#N)c2)CO1. The highest BCUT2D eigenvalue weighted by atomic mass is 16.5. The van der Waals surface area contributed by atoms with Gasteiger partial charge in [-0.15, -0.1) is 0 Å². The molecule has 1 N–H and O–H groups in total. The summed E-state index contributed by atoms with van der Waals surface area (Å²) in [6.45, 7) is 7.31. The summed E-state index contributed by atoms with van der Waals surface area (Å²) in [6, 6.07) is 9.02. The van der Waals surface area contributed by atoms with E-state index in [1.807, 2.05) is 6.07 Å². The highest BCUT2D eigenvalue weighted by Gasteiger charge is 2.34. The molecule has 0 aromatic heterocycles. The molecular formula is C18H17NO3. The predicted octanol–water partition coefficient (Wildman–Crippen LogP) is 2.30. The van der Waals surface area contributed by atoms with Crippen molar-refractivity contribution in [2.24, 2.45) is 5.92 Å². The molecule has 2 atom stereocenters. The number of benzene rings is 1. The van der Waals surface area contributed by atoms with E-state index in [1.54, 1.807) is 18.2 Å². The largest absolute Gasteiger partial charge is 0.492 e. The Labute approximate surface area is 129 Å². The van der Waals surface area contributed by atoms with Gasteiger partial charge in [0, 0.05) is 0 Å². The van der Waals surface area contributed by atoms with E-state index < -0.39 is 12.0 Å². The molecule has 1 heterocycles. The first-order chi connectivity index (χ1) is 10.6. The first-order valence-corrected chi connectivity index (χ1v) is 6.94. The number of hydrogen-bond donors (Lipinski definition) is 1. The second-order valence-corrected chi connectivity index (χ2v) is 5.05. The maximum Gasteiger partial charge on any atom is 0.175 e. The molecule has 2 unspecified atom stereocenters. The Morgan fingerprint density at radius 3 is 2.86 bits per heavy atom. The molecule has 22 heavy (non-hydrogen) atoms. The molecule has 112 valence electrons. The van der Waals surface area contributed by atoms with Gasteiger partial charge in [0.05, 0.1) is 29.2 Å². The maximum absolute atomic E-state index is 12.4. The monoisotopic (exact) mass is 295 g/mol. The molecule has 1 aromatic carbocycles. The van der Waals surface area contributed by atoms with Gasteiger partial charge in [0.15, 0.2) is 5.78 Å². The van der Waals surface area contributed by atoms with E-state index in [0.717, 1.165) is 5.56 Å². The minimum Gasteiger partial charge on any atom is -0.492 e. The molecule has 0 aliphatic carbocycles. The van der Waals surface area contributed by atoms with Crippen molar-refractivity contribution in [2.45, 2.75) is 12.5 Å². The molecule has 0 saturated carbocycles. The van der Waals surface area contributed by atoms with Crippen molar-refractivity contribution < 1.29 is 14.6 Å². The lowest BCUT2D eigenvalue weighted by atomic mass is 9.87. The molecule has 1 aromatic rings. The van der Waals surface area contributed by atoms with E-state index in [1.165, 1.54) is 12.2 Å². The van der Waals surface area contributed by atoms with Crippen molar-refractivity contribution >= 4 is 5.78 Å². The number of nitrogens with zero attached hydrogens (tertiary/aromatic N) is 1. The number of aliphatic hydroxyl groups excluding tert-OH is 1. The smallest absolute Gasteiger partial charge is 0.175 e. The molecule has 0 radical (unpaired) electrons. The molecule has 4 heteroatoms. The number of carbonyl (C=O) groups is 1. The lowest BCUT2D eigenvalue weighted by Gasteiger charge is -2.27. The zero-order valence-electron chi connectivity index (χ0n) is 12.2. The predicted molar refractivity (Wildman–Crippen MR) is 82.7 cm³/mol. The molecule has 4 nitrogen and oxygen atoms in total. The molecule has 0 saturated heterocycles. The molecule has 0 spiro atoms. The van der Waals surface area contributed by atoms with Crippen LogP contribution >= 0.6 is 0 Å². The molecule has 0 fully saturated rings. The summed E-state index contributed by atoms with van der Waals surface area (Å²) in [4.78, 5) is 12.4. The van der Waals surface area contributed by atoms with E-state index in [4.69, 9.17) is 10.00 Å². The number of hydrogen-bond acceptors (Lipinski definition) is 4. The molecule has 0 bridgehead atoms. The van der Waals surface area contributed by atoms with E-state index >= 15 is 0 Å². The van der Waals surface area contributed by atoms with Gasteiger partial charge in [-0.05, 0) is 30.2 Å². The summed E-state index contributed by atoms with van der Waals surface area (Å²) in [5.74, 6) is -0.447. The van der Waals surface area contributed by atoms with Crippen LogP contribution in [0.3, 0.4) is 0 Å².